The smallest absolute Gasteiger partial charge is 0.225 e. The van der Waals surface area contributed by atoms with Crippen molar-refractivity contribution in [2.45, 2.75) is 86.6 Å². The summed E-state index contributed by atoms with van der Waals surface area (Å²) in [5.41, 5.74) is 2.80. The van der Waals surface area contributed by atoms with Crippen LogP contribution in [0, 0.1) is 5.92 Å². The van der Waals surface area contributed by atoms with E-state index in [4.69, 9.17) is 34.8 Å². The number of hydrogen-bond donors (Lipinski definition) is 1. The van der Waals surface area contributed by atoms with Crippen molar-refractivity contribution in [3.05, 3.63) is 68.8 Å². The molecule has 0 heterocycles. The summed E-state index contributed by atoms with van der Waals surface area (Å²) in [6.45, 7) is 20.0. The van der Waals surface area contributed by atoms with Crippen molar-refractivity contribution in [2.24, 2.45) is 5.92 Å². The van der Waals surface area contributed by atoms with Crippen LogP contribution < -0.4 is 5.32 Å². The average molecular weight is 544 g/mol. The number of halogens is 3. The third-order valence-corrected chi connectivity index (χ3v) is 6.48. The van der Waals surface area contributed by atoms with Crippen LogP contribution in [0.1, 0.15) is 92.2 Å². The predicted octanol–water partition coefficient (Wildman–Crippen LogP) is 9.71. The molecule has 2 atom stereocenters. The van der Waals surface area contributed by atoms with Gasteiger partial charge in [-0.25, -0.2) is 0 Å². The van der Waals surface area contributed by atoms with Gasteiger partial charge >= 0.3 is 0 Å². The van der Waals surface area contributed by atoms with Crippen LogP contribution in [0.25, 0.3) is 0 Å². The molecule has 0 saturated carbocycles. The number of nitrogens with one attached hydrogen (secondary N) is 1. The highest BCUT2D eigenvalue weighted by atomic mass is 35.5. The fourth-order valence-corrected chi connectivity index (χ4v) is 4.34. The van der Waals surface area contributed by atoms with E-state index in [9.17, 15) is 4.79 Å². The van der Waals surface area contributed by atoms with E-state index in [-0.39, 0.29) is 12.0 Å². The highest BCUT2D eigenvalue weighted by Gasteiger charge is 2.20. The molecular formula is C29H45Cl3N2O. The monoisotopic (exact) mass is 542 g/mol. The molecule has 35 heavy (non-hydrogen) atoms. The summed E-state index contributed by atoms with van der Waals surface area (Å²) in [7, 11) is 0. The average Bonchev–Trinajstić information content (AvgIpc) is 2.80. The van der Waals surface area contributed by atoms with E-state index < -0.39 is 0 Å². The maximum absolute atomic E-state index is 12.2. The molecule has 1 aromatic carbocycles. The summed E-state index contributed by atoms with van der Waals surface area (Å²) in [6.07, 6.45) is 8.95. The van der Waals surface area contributed by atoms with Crippen LogP contribution in [0.5, 0.6) is 0 Å². The zero-order valence-electron chi connectivity index (χ0n) is 22.7. The van der Waals surface area contributed by atoms with Crippen LogP contribution in [0.3, 0.4) is 0 Å². The largest absolute Gasteiger partial charge is 0.381 e. The van der Waals surface area contributed by atoms with Crippen LogP contribution in [0.15, 0.2) is 53.2 Å². The Labute approximate surface area is 229 Å². The number of rotatable bonds is 13. The van der Waals surface area contributed by atoms with E-state index in [1.54, 1.807) is 6.07 Å². The van der Waals surface area contributed by atoms with E-state index in [0.29, 0.717) is 21.0 Å². The van der Waals surface area contributed by atoms with E-state index in [2.05, 4.69) is 39.6 Å². The summed E-state index contributed by atoms with van der Waals surface area (Å²) in [5.74, 6) is 0.635. The third kappa shape index (κ3) is 13.5. The van der Waals surface area contributed by atoms with Crippen molar-refractivity contribution in [3.8, 4) is 0 Å². The molecule has 198 valence electrons. The Bertz CT molecular complexity index is 842. The Hall–Kier alpha value is -1.42. The van der Waals surface area contributed by atoms with Crippen molar-refractivity contribution in [3.63, 3.8) is 0 Å². The molecule has 1 amide bonds. The number of benzene rings is 1. The number of carbonyl (C=O) groups is 1. The van der Waals surface area contributed by atoms with E-state index in [0.717, 1.165) is 62.0 Å². The first-order valence-corrected chi connectivity index (χ1v) is 13.9. The van der Waals surface area contributed by atoms with Gasteiger partial charge in [0.15, 0.2) is 0 Å². The lowest BCUT2D eigenvalue weighted by Gasteiger charge is -2.26. The minimum Gasteiger partial charge on any atom is -0.381 e. The highest BCUT2D eigenvalue weighted by Crippen LogP contribution is 2.27. The van der Waals surface area contributed by atoms with Crippen LogP contribution in [0.2, 0.25) is 10.0 Å². The molecular weight excluding hydrogens is 499 g/mol. The molecule has 0 aliphatic carbocycles. The Morgan fingerprint density at radius 2 is 1.66 bits per heavy atom. The Morgan fingerprint density at radius 1 is 1.06 bits per heavy atom. The second-order valence-corrected chi connectivity index (χ2v) is 10.2. The first-order chi connectivity index (χ1) is 16.5. The summed E-state index contributed by atoms with van der Waals surface area (Å²) >= 11 is 18.3. The lowest BCUT2D eigenvalue weighted by molar-refractivity contribution is -0.136. The van der Waals surface area contributed by atoms with Crippen LogP contribution in [-0.4, -0.2) is 23.9 Å². The topological polar surface area (TPSA) is 32.3 Å². The fraction of sp³-hybridized carbons (Fsp3) is 0.552. The molecule has 0 aromatic heterocycles. The molecule has 1 rings (SSSR count). The second kappa shape index (κ2) is 18.8. The normalized spacial score (nSPS) is 13.4. The molecule has 0 spiro atoms. The SMILES string of the molecule is C=C(C)/C=C\C(Cl)=C(/C)NC(C)c1ccc(Cl)cc1Cl.CCC[C@H](CC)C(=O)N(CCC)CCC. The van der Waals surface area contributed by atoms with Gasteiger partial charge in [-0.15, -0.1) is 0 Å². The second-order valence-electron chi connectivity index (χ2n) is 8.90. The van der Waals surface area contributed by atoms with Crippen molar-refractivity contribution in [2.75, 3.05) is 13.1 Å². The van der Waals surface area contributed by atoms with Gasteiger partial charge in [-0.1, -0.05) is 93.2 Å². The standard InChI is InChI=1S/C16H18Cl3N.C13H27NO/c1-10(2)5-8-15(18)12(4)20-11(3)14-7-6-13(17)9-16(14)19;1-5-9-12(8-4)13(15)14(10-6-2)11-7-3/h5-9,11,20H,1H2,2-4H3;12H,5-11H2,1-4H3/b8-5-,15-12-;/t;12-/m.0/s1. The van der Waals surface area contributed by atoms with E-state index >= 15 is 0 Å². The predicted molar refractivity (Wildman–Crippen MR) is 156 cm³/mol. The van der Waals surface area contributed by atoms with Gasteiger partial charge in [0, 0.05) is 40.8 Å². The van der Waals surface area contributed by atoms with Gasteiger partial charge in [0.1, 0.15) is 0 Å². The number of carbonyl (C=O) groups excluding carboxylic acids is 1. The quantitative estimate of drug-likeness (QED) is 0.251. The molecule has 0 bridgehead atoms. The fourth-order valence-electron chi connectivity index (χ4n) is 3.65. The number of hydrogen-bond acceptors (Lipinski definition) is 2. The highest BCUT2D eigenvalue weighted by molar-refractivity contribution is 6.35. The summed E-state index contributed by atoms with van der Waals surface area (Å²) in [6, 6.07) is 5.50. The number of allylic oxidation sites excluding steroid dienone is 5. The van der Waals surface area contributed by atoms with Gasteiger partial charge in [-0.3, -0.25) is 4.79 Å². The van der Waals surface area contributed by atoms with E-state index in [1.165, 1.54) is 0 Å². The summed E-state index contributed by atoms with van der Waals surface area (Å²) in [5, 5.41) is 5.23. The molecule has 1 aromatic rings. The summed E-state index contributed by atoms with van der Waals surface area (Å²) < 4.78 is 0. The molecule has 3 nitrogen and oxygen atoms in total. The van der Waals surface area contributed by atoms with Gasteiger partial charge in [0.25, 0.3) is 0 Å². The van der Waals surface area contributed by atoms with Gasteiger partial charge < -0.3 is 10.2 Å². The number of amides is 1. The Kier molecular flexibility index (Phi) is 18.0. The van der Waals surface area contributed by atoms with Crippen molar-refractivity contribution in [1.29, 1.82) is 0 Å². The van der Waals surface area contributed by atoms with Crippen molar-refractivity contribution >= 4 is 40.7 Å². The lowest BCUT2D eigenvalue weighted by atomic mass is 9.99. The molecule has 0 aliphatic heterocycles. The molecule has 0 saturated heterocycles. The lowest BCUT2D eigenvalue weighted by Crippen LogP contribution is -2.37. The molecule has 0 radical (unpaired) electrons. The van der Waals surface area contributed by atoms with Gasteiger partial charge in [-0.05, 0) is 70.2 Å². The van der Waals surface area contributed by atoms with Crippen LogP contribution in [0.4, 0.5) is 0 Å². The van der Waals surface area contributed by atoms with E-state index in [1.807, 2.05) is 50.0 Å². The zero-order chi connectivity index (χ0) is 27.0. The maximum Gasteiger partial charge on any atom is 0.225 e. The van der Waals surface area contributed by atoms with Gasteiger partial charge in [0.2, 0.25) is 5.91 Å². The Morgan fingerprint density at radius 3 is 2.11 bits per heavy atom. The molecule has 0 aliphatic rings. The minimum absolute atomic E-state index is 0.0340. The third-order valence-electron chi connectivity index (χ3n) is 5.51. The number of nitrogens with zero attached hydrogens (tertiary/aromatic N) is 1. The maximum atomic E-state index is 12.2. The first-order valence-electron chi connectivity index (χ1n) is 12.7. The molecule has 6 heteroatoms. The minimum atomic E-state index is 0.0340. The van der Waals surface area contributed by atoms with Gasteiger partial charge in [-0.2, -0.15) is 0 Å². The zero-order valence-corrected chi connectivity index (χ0v) is 25.0. The summed E-state index contributed by atoms with van der Waals surface area (Å²) in [4.78, 5) is 14.2. The Balaban J connectivity index is 0.000000691. The van der Waals surface area contributed by atoms with Crippen LogP contribution in [-0.2, 0) is 4.79 Å². The van der Waals surface area contributed by atoms with Crippen LogP contribution >= 0.6 is 34.8 Å². The van der Waals surface area contributed by atoms with Gasteiger partial charge in [0.05, 0.1) is 5.03 Å². The van der Waals surface area contributed by atoms with Crippen molar-refractivity contribution in [1.82, 2.24) is 10.2 Å². The molecule has 0 fully saturated rings. The molecule has 1 N–H and O–H groups in total. The first kappa shape index (κ1) is 33.6. The van der Waals surface area contributed by atoms with Crippen molar-refractivity contribution < 1.29 is 4.79 Å². The molecule has 1 unspecified atom stereocenters.